The molecule has 1 atom stereocenters. The molecule has 0 aliphatic carbocycles. The molecule has 0 fully saturated rings. The molecule has 8 heteroatoms. The second-order valence-corrected chi connectivity index (χ2v) is 6.05. The fourth-order valence-corrected chi connectivity index (χ4v) is 2.51. The zero-order valence-corrected chi connectivity index (χ0v) is 16.6. The number of halogens is 1. The summed E-state index contributed by atoms with van der Waals surface area (Å²) in [5.41, 5.74) is 0.459. The van der Waals surface area contributed by atoms with Gasteiger partial charge in [0.1, 0.15) is 5.75 Å². The molecule has 0 heterocycles. The molecule has 28 heavy (non-hydrogen) atoms. The summed E-state index contributed by atoms with van der Waals surface area (Å²) in [7, 11) is 1.50. The van der Waals surface area contributed by atoms with Gasteiger partial charge in [-0.25, -0.2) is 4.79 Å². The van der Waals surface area contributed by atoms with Crippen molar-refractivity contribution in [1.82, 2.24) is 0 Å². The monoisotopic (exact) mass is 407 g/mol. The first-order chi connectivity index (χ1) is 13.4. The molecule has 2 rings (SSSR count). The van der Waals surface area contributed by atoms with Gasteiger partial charge in [0.25, 0.3) is 5.91 Å². The lowest BCUT2D eigenvalue weighted by Gasteiger charge is -2.15. The number of nitrogens with one attached hydrogen (secondary N) is 1. The lowest BCUT2D eigenvalue weighted by molar-refractivity contribution is -0.155. The zero-order valence-electron chi connectivity index (χ0n) is 15.9. The number of esters is 1. The van der Waals surface area contributed by atoms with Gasteiger partial charge < -0.3 is 24.3 Å². The Hall–Kier alpha value is -2.93. The van der Waals surface area contributed by atoms with Crippen molar-refractivity contribution >= 4 is 29.2 Å². The first kappa shape index (κ1) is 21.4. The van der Waals surface area contributed by atoms with Gasteiger partial charge in [0, 0.05) is 5.69 Å². The average Bonchev–Trinajstić information content (AvgIpc) is 2.67. The highest BCUT2D eigenvalue weighted by Crippen LogP contribution is 2.27. The van der Waals surface area contributed by atoms with E-state index in [1.54, 1.807) is 42.5 Å². The highest BCUT2D eigenvalue weighted by Gasteiger charge is 2.19. The van der Waals surface area contributed by atoms with Crippen LogP contribution in [0.2, 0.25) is 5.02 Å². The van der Waals surface area contributed by atoms with E-state index in [2.05, 4.69) is 5.32 Å². The third-order valence-corrected chi connectivity index (χ3v) is 3.89. The number of carbonyl (C=O) groups excluding carboxylic acids is 2. The van der Waals surface area contributed by atoms with E-state index in [4.69, 9.17) is 30.5 Å². The number of carbonyl (C=O) groups is 2. The van der Waals surface area contributed by atoms with Gasteiger partial charge in [-0.2, -0.15) is 0 Å². The number of para-hydroxylation sites is 2. The maximum atomic E-state index is 12.2. The fourth-order valence-electron chi connectivity index (χ4n) is 2.25. The van der Waals surface area contributed by atoms with E-state index in [9.17, 15) is 9.59 Å². The van der Waals surface area contributed by atoms with Crippen LogP contribution in [0.3, 0.4) is 0 Å². The first-order valence-corrected chi connectivity index (χ1v) is 9.01. The number of rotatable bonds is 9. The minimum absolute atomic E-state index is 0.351. The van der Waals surface area contributed by atoms with Crippen LogP contribution in [0, 0.1) is 0 Å². The standard InChI is InChI=1S/C20H22ClNO6/c1-4-26-17-7-5-6-8-18(17)27-12-19(23)28-13(2)20(24)22-14-9-10-16(25-3)15(21)11-14/h5-11,13H,4,12H2,1-3H3,(H,22,24)/t13-/m1/s1. The number of ether oxygens (including phenoxy) is 4. The van der Waals surface area contributed by atoms with Crippen molar-refractivity contribution in [2.75, 3.05) is 25.6 Å². The largest absolute Gasteiger partial charge is 0.495 e. The molecular formula is C20H22ClNO6. The summed E-state index contributed by atoms with van der Waals surface area (Å²) >= 11 is 6.02. The van der Waals surface area contributed by atoms with Gasteiger partial charge in [-0.05, 0) is 44.2 Å². The molecule has 0 aliphatic rings. The Morgan fingerprint density at radius 3 is 2.36 bits per heavy atom. The van der Waals surface area contributed by atoms with Crippen molar-refractivity contribution in [3.05, 3.63) is 47.5 Å². The van der Waals surface area contributed by atoms with Crippen molar-refractivity contribution in [2.24, 2.45) is 0 Å². The maximum absolute atomic E-state index is 12.2. The maximum Gasteiger partial charge on any atom is 0.344 e. The van der Waals surface area contributed by atoms with Gasteiger partial charge >= 0.3 is 5.97 Å². The topological polar surface area (TPSA) is 83.1 Å². The van der Waals surface area contributed by atoms with E-state index in [1.165, 1.54) is 14.0 Å². The number of anilines is 1. The quantitative estimate of drug-likeness (QED) is 0.638. The highest BCUT2D eigenvalue weighted by molar-refractivity contribution is 6.32. The summed E-state index contributed by atoms with van der Waals surface area (Å²) in [5.74, 6) is 0.265. The summed E-state index contributed by atoms with van der Waals surface area (Å²) < 4.78 is 21.0. The Morgan fingerprint density at radius 2 is 1.75 bits per heavy atom. The van der Waals surface area contributed by atoms with Crippen molar-refractivity contribution in [3.63, 3.8) is 0 Å². The fraction of sp³-hybridized carbons (Fsp3) is 0.300. The normalized spacial score (nSPS) is 11.3. The molecule has 7 nitrogen and oxygen atoms in total. The predicted octanol–water partition coefficient (Wildman–Crippen LogP) is 3.70. The number of benzene rings is 2. The van der Waals surface area contributed by atoms with Crippen molar-refractivity contribution in [3.8, 4) is 17.2 Å². The van der Waals surface area contributed by atoms with E-state index >= 15 is 0 Å². The molecule has 0 saturated carbocycles. The SMILES string of the molecule is CCOc1ccccc1OCC(=O)O[C@H](C)C(=O)Nc1ccc(OC)c(Cl)c1. The van der Waals surface area contributed by atoms with Crippen LogP contribution in [0.5, 0.6) is 17.2 Å². The van der Waals surface area contributed by atoms with E-state index in [1.807, 2.05) is 6.92 Å². The minimum Gasteiger partial charge on any atom is -0.495 e. The molecule has 0 aliphatic heterocycles. The molecule has 0 radical (unpaired) electrons. The number of amides is 1. The van der Waals surface area contributed by atoms with Crippen LogP contribution in [0.4, 0.5) is 5.69 Å². The Labute approximate surface area is 168 Å². The molecule has 0 spiro atoms. The molecule has 0 bridgehead atoms. The van der Waals surface area contributed by atoms with Gasteiger partial charge in [0.15, 0.2) is 24.2 Å². The summed E-state index contributed by atoms with van der Waals surface area (Å²) in [6.07, 6.45) is -1.01. The Balaban J connectivity index is 1.86. The minimum atomic E-state index is -1.01. The van der Waals surface area contributed by atoms with Crippen LogP contribution in [-0.2, 0) is 14.3 Å². The van der Waals surface area contributed by atoms with Gasteiger partial charge in [0.05, 0.1) is 18.7 Å². The van der Waals surface area contributed by atoms with Gasteiger partial charge in [-0.15, -0.1) is 0 Å². The third-order valence-electron chi connectivity index (χ3n) is 3.59. The van der Waals surface area contributed by atoms with E-state index in [0.717, 1.165) is 0 Å². The Morgan fingerprint density at radius 1 is 1.07 bits per heavy atom. The van der Waals surface area contributed by atoms with Gasteiger partial charge in [-0.3, -0.25) is 4.79 Å². The van der Waals surface area contributed by atoms with Crippen LogP contribution < -0.4 is 19.5 Å². The molecule has 1 N–H and O–H groups in total. The lowest BCUT2D eigenvalue weighted by Crippen LogP contribution is -2.31. The lowest BCUT2D eigenvalue weighted by atomic mass is 10.3. The van der Waals surface area contributed by atoms with Crippen LogP contribution in [-0.4, -0.2) is 38.3 Å². The molecule has 0 aromatic heterocycles. The number of methoxy groups -OCH3 is 1. The van der Waals surface area contributed by atoms with Crippen LogP contribution in [0.1, 0.15) is 13.8 Å². The van der Waals surface area contributed by atoms with E-state index in [-0.39, 0.29) is 6.61 Å². The van der Waals surface area contributed by atoms with Crippen molar-refractivity contribution in [1.29, 1.82) is 0 Å². The summed E-state index contributed by atoms with van der Waals surface area (Å²) in [4.78, 5) is 24.2. The molecule has 2 aromatic rings. The number of hydrogen-bond donors (Lipinski definition) is 1. The Kier molecular flexibility index (Phi) is 7.95. The second kappa shape index (κ2) is 10.4. The molecule has 0 saturated heterocycles. The first-order valence-electron chi connectivity index (χ1n) is 8.63. The number of hydrogen-bond acceptors (Lipinski definition) is 6. The van der Waals surface area contributed by atoms with E-state index < -0.39 is 18.0 Å². The predicted molar refractivity (Wildman–Crippen MR) is 105 cm³/mol. The third kappa shape index (κ3) is 6.06. The summed E-state index contributed by atoms with van der Waals surface area (Å²) in [5, 5.41) is 2.97. The molecular weight excluding hydrogens is 386 g/mol. The van der Waals surface area contributed by atoms with Crippen LogP contribution in [0.15, 0.2) is 42.5 Å². The Bertz CT molecular complexity index is 826. The summed E-state index contributed by atoms with van der Waals surface area (Å²) in [6, 6.07) is 11.8. The smallest absolute Gasteiger partial charge is 0.344 e. The molecule has 0 unspecified atom stereocenters. The van der Waals surface area contributed by atoms with Gasteiger partial charge in [-0.1, -0.05) is 23.7 Å². The molecule has 1 amide bonds. The van der Waals surface area contributed by atoms with Crippen LogP contribution >= 0.6 is 11.6 Å². The van der Waals surface area contributed by atoms with E-state index in [0.29, 0.717) is 34.6 Å². The zero-order chi connectivity index (χ0) is 20.5. The average molecular weight is 408 g/mol. The second-order valence-electron chi connectivity index (χ2n) is 5.64. The molecule has 150 valence electrons. The highest BCUT2D eigenvalue weighted by atomic mass is 35.5. The van der Waals surface area contributed by atoms with Crippen molar-refractivity contribution < 1.29 is 28.5 Å². The van der Waals surface area contributed by atoms with Crippen molar-refractivity contribution in [2.45, 2.75) is 20.0 Å². The van der Waals surface area contributed by atoms with Crippen LogP contribution in [0.25, 0.3) is 0 Å². The van der Waals surface area contributed by atoms with Gasteiger partial charge in [0.2, 0.25) is 0 Å². The molecule has 2 aromatic carbocycles. The summed E-state index contributed by atoms with van der Waals surface area (Å²) in [6.45, 7) is 3.43.